The monoisotopic (exact) mass is 371 g/mol. The molecule has 0 bridgehead atoms. The van der Waals surface area contributed by atoms with Gasteiger partial charge >= 0.3 is 0 Å². The molecule has 0 amide bonds. The minimum absolute atomic E-state index is 0.0831. The van der Waals surface area contributed by atoms with E-state index in [9.17, 15) is 8.42 Å². The molecule has 0 aliphatic heterocycles. The Balaban J connectivity index is 2.40. The summed E-state index contributed by atoms with van der Waals surface area (Å²) in [4.78, 5) is 4.08. The Kier molecular flexibility index (Phi) is 9.12. The van der Waals surface area contributed by atoms with Crippen LogP contribution in [0.2, 0.25) is 0 Å². The summed E-state index contributed by atoms with van der Waals surface area (Å²) in [6, 6.07) is 5.95. The van der Waals surface area contributed by atoms with Crippen molar-refractivity contribution in [2.75, 3.05) is 45.9 Å². The Labute approximate surface area is 150 Å². The van der Waals surface area contributed by atoms with Crippen molar-refractivity contribution in [1.29, 1.82) is 0 Å². The second-order valence-electron chi connectivity index (χ2n) is 5.58. The lowest BCUT2D eigenvalue weighted by molar-refractivity contribution is 0.310. The molecule has 0 radical (unpaired) electrons. The fourth-order valence-corrected chi connectivity index (χ4v) is 2.69. The van der Waals surface area contributed by atoms with Gasteiger partial charge in [-0.1, -0.05) is 6.07 Å². The highest BCUT2D eigenvalue weighted by Crippen LogP contribution is 2.28. The molecule has 1 rings (SSSR count). The van der Waals surface area contributed by atoms with Crippen LogP contribution in [0.25, 0.3) is 0 Å². The van der Waals surface area contributed by atoms with Crippen LogP contribution in [0.1, 0.15) is 18.9 Å². The standard InChI is InChI=1S/C17H29N3O4S/c1-5-24-16-13-14(8-9-15(16)23-3)7-6-10-19-17(18-2)20-11-12-25(4,21)22/h8-9,13H,5-7,10-12H2,1-4H3,(H2,18,19,20). The number of aliphatic imine (C=N–C) groups is 1. The van der Waals surface area contributed by atoms with Crippen LogP contribution in [0.15, 0.2) is 23.2 Å². The highest BCUT2D eigenvalue weighted by molar-refractivity contribution is 7.90. The van der Waals surface area contributed by atoms with Gasteiger partial charge in [0.05, 0.1) is 19.5 Å². The summed E-state index contributed by atoms with van der Waals surface area (Å²) in [5, 5.41) is 6.17. The summed E-state index contributed by atoms with van der Waals surface area (Å²) in [6.45, 7) is 3.61. The first-order chi connectivity index (χ1) is 11.9. The lowest BCUT2D eigenvalue weighted by Crippen LogP contribution is -2.39. The van der Waals surface area contributed by atoms with E-state index in [1.807, 2.05) is 25.1 Å². The molecule has 0 aliphatic rings. The summed E-state index contributed by atoms with van der Waals surface area (Å²) in [7, 11) is 0.318. The summed E-state index contributed by atoms with van der Waals surface area (Å²) in [5.74, 6) is 2.18. The molecular weight excluding hydrogens is 342 g/mol. The number of sulfone groups is 1. The van der Waals surface area contributed by atoms with Gasteiger partial charge < -0.3 is 20.1 Å². The molecule has 0 unspecified atom stereocenters. The van der Waals surface area contributed by atoms with E-state index in [4.69, 9.17) is 9.47 Å². The van der Waals surface area contributed by atoms with Gasteiger partial charge in [0.25, 0.3) is 0 Å². The van der Waals surface area contributed by atoms with E-state index < -0.39 is 9.84 Å². The molecule has 0 saturated heterocycles. The molecule has 1 aromatic carbocycles. The lowest BCUT2D eigenvalue weighted by atomic mass is 10.1. The zero-order valence-corrected chi connectivity index (χ0v) is 16.3. The van der Waals surface area contributed by atoms with Gasteiger partial charge in [0.2, 0.25) is 0 Å². The average molecular weight is 372 g/mol. The number of aryl methyl sites for hydroxylation is 1. The van der Waals surface area contributed by atoms with E-state index >= 15 is 0 Å². The second kappa shape index (κ2) is 10.8. The molecule has 0 saturated carbocycles. The van der Waals surface area contributed by atoms with E-state index in [2.05, 4.69) is 15.6 Å². The summed E-state index contributed by atoms with van der Waals surface area (Å²) >= 11 is 0. The first-order valence-corrected chi connectivity index (χ1v) is 10.4. The molecule has 0 aromatic heterocycles. The molecule has 25 heavy (non-hydrogen) atoms. The van der Waals surface area contributed by atoms with Gasteiger partial charge in [0.15, 0.2) is 17.5 Å². The quantitative estimate of drug-likeness (QED) is 0.365. The van der Waals surface area contributed by atoms with Gasteiger partial charge in [-0.2, -0.15) is 0 Å². The first kappa shape index (κ1) is 21.1. The largest absolute Gasteiger partial charge is 0.493 e. The van der Waals surface area contributed by atoms with Gasteiger partial charge in [0, 0.05) is 26.4 Å². The summed E-state index contributed by atoms with van der Waals surface area (Å²) in [5.41, 5.74) is 1.17. The van der Waals surface area contributed by atoms with Crippen LogP contribution in [0.3, 0.4) is 0 Å². The molecular formula is C17H29N3O4S. The molecule has 0 spiro atoms. The molecule has 0 aliphatic carbocycles. The van der Waals surface area contributed by atoms with Crippen LogP contribution < -0.4 is 20.1 Å². The Bertz CT molecular complexity index is 660. The van der Waals surface area contributed by atoms with E-state index in [1.165, 1.54) is 11.8 Å². The Morgan fingerprint density at radius 3 is 2.52 bits per heavy atom. The third-order valence-electron chi connectivity index (χ3n) is 3.45. The van der Waals surface area contributed by atoms with Crippen molar-refractivity contribution >= 4 is 15.8 Å². The number of methoxy groups -OCH3 is 1. The van der Waals surface area contributed by atoms with Crippen molar-refractivity contribution in [3.05, 3.63) is 23.8 Å². The van der Waals surface area contributed by atoms with Crippen molar-refractivity contribution in [3.63, 3.8) is 0 Å². The molecule has 8 heteroatoms. The number of benzene rings is 1. The molecule has 1 aromatic rings. The lowest BCUT2D eigenvalue weighted by Gasteiger charge is -2.13. The zero-order chi connectivity index (χ0) is 18.7. The van der Waals surface area contributed by atoms with Crippen LogP contribution in [-0.4, -0.2) is 60.2 Å². The molecule has 0 atom stereocenters. The fourth-order valence-electron chi connectivity index (χ4n) is 2.22. The zero-order valence-electron chi connectivity index (χ0n) is 15.5. The van der Waals surface area contributed by atoms with Crippen LogP contribution in [0.5, 0.6) is 11.5 Å². The predicted octanol–water partition coefficient (Wildman–Crippen LogP) is 1.24. The van der Waals surface area contributed by atoms with Gasteiger partial charge in [-0.25, -0.2) is 8.42 Å². The number of rotatable bonds is 10. The predicted molar refractivity (Wildman–Crippen MR) is 102 cm³/mol. The minimum Gasteiger partial charge on any atom is -0.493 e. The Hall–Kier alpha value is -1.96. The maximum absolute atomic E-state index is 11.1. The minimum atomic E-state index is -2.97. The van der Waals surface area contributed by atoms with Crippen LogP contribution in [0.4, 0.5) is 0 Å². The topological polar surface area (TPSA) is 89.0 Å². The number of ether oxygens (including phenoxy) is 2. The number of hydrogen-bond acceptors (Lipinski definition) is 5. The van der Waals surface area contributed by atoms with Gasteiger partial charge in [-0.05, 0) is 37.5 Å². The maximum Gasteiger partial charge on any atom is 0.191 e. The Morgan fingerprint density at radius 2 is 1.92 bits per heavy atom. The van der Waals surface area contributed by atoms with Crippen molar-refractivity contribution in [2.45, 2.75) is 19.8 Å². The number of hydrogen-bond donors (Lipinski definition) is 2. The van der Waals surface area contributed by atoms with Gasteiger partial charge in [-0.15, -0.1) is 0 Å². The van der Waals surface area contributed by atoms with E-state index in [0.29, 0.717) is 19.1 Å². The fraction of sp³-hybridized carbons (Fsp3) is 0.588. The highest BCUT2D eigenvalue weighted by Gasteiger charge is 2.06. The number of nitrogens with one attached hydrogen (secondary N) is 2. The second-order valence-corrected chi connectivity index (χ2v) is 7.84. The number of nitrogens with zero attached hydrogens (tertiary/aromatic N) is 1. The van der Waals surface area contributed by atoms with Gasteiger partial charge in [0.1, 0.15) is 9.84 Å². The molecule has 0 fully saturated rings. The van der Waals surface area contributed by atoms with Crippen LogP contribution in [-0.2, 0) is 16.3 Å². The number of guanidine groups is 1. The summed E-state index contributed by atoms with van der Waals surface area (Å²) in [6.07, 6.45) is 3.01. The first-order valence-electron chi connectivity index (χ1n) is 8.31. The third-order valence-corrected chi connectivity index (χ3v) is 4.40. The Morgan fingerprint density at radius 1 is 1.20 bits per heavy atom. The van der Waals surface area contributed by atoms with E-state index in [0.717, 1.165) is 30.9 Å². The molecule has 0 heterocycles. The molecule has 7 nitrogen and oxygen atoms in total. The highest BCUT2D eigenvalue weighted by atomic mass is 32.2. The maximum atomic E-state index is 11.1. The van der Waals surface area contributed by atoms with Gasteiger partial charge in [-0.3, -0.25) is 4.99 Å². The van der Waals surface area contributed by atoms with Crippen molar-refractivity contribution in [1.82, 2.24) is 10.6 Å². The average Bonchev–Trinajstić information content (AvgIpc) is 2.56. The van der Waals surface area contributed by atoms with E-state index in [1.54, 1.807) is 14.2 Å². The van der Waals surface area contributed by atoms with E-state index in [-0.39, 0.29) is 5.75 Å². The third kappa shape index (κ3) is 8.62. The smallest absolute Gasteiger partial charge is 0.191 e. The molecule has 142 valence electrons. The normalized spacial score (nSPS) is 11.9. The van der Waals surface area contributed by atoms with Crippen molar-refractivity contribution < 1.29 is 17.9 Å². The summed E-state index contributed by atoms with van der Waals surface area (Å²) < 4.78 is 33.1. The SMILES string of the molecule is CCOc1cc(CCCNC(=NC)NCCS(C)(=O)=O)ccc1OC. The van der Waals surface area contributed by atoms with Crippen molar-refractivity contribution in [2.24, 2.45) is 4.99 Å². The van der Waals surface area contributed by atoms with Crippen LogP contribution in [0, 0.1) is 0 Å². The van der Waals surface area contributed by atoms with Crippen molar-refractivity contribution in [3.8, 4) is 11.5 Å². The van der Waals surface area contributed by atoms with Crippen LogP contribution >= 0.6 is 0 Å². The molecule has 2 N–H and O–H groups in total.